The van der Waals surface area contributed by atoms with Gasteiger partial charge in [0.15, 0.2) is 5.96 Å². The number of aryl methyl sites for hydroxylation is 1. The summed E-state index contributed by atoms with van der Waals surface area (Å²) in [6.45, 7) is 12.6. The average Bonchev–Trinajstić information content (AvgIpc) is 2.48. The summed E-state index contributed by atoms with van der Waals surface area (Å²) in [5, 5.41) is 3.01. The third-order valence-corrected chi connectivity index (χ3v) is 2.90. The van der Waals surface area contributed by atoms with Crippen LogP contribution in [0.5, 0.6) is 5.75 Å². The van der Waals surface area contributed by atoms with E-state index in [2.05, 4.69) is 16.9 Å². The summed E-state index contributed by atoms with van der Waals surface area (Å²) < 4.78 is 11.1. The maximum atomic E-state index is 5.83. The number of hydrogen-bond acceptors (Lipinski definition) is 3. The lowest BCUT2D eigenvalue weighted by atomic mass is 10.1. The number of nitrogens with two attached hydrogens (primary N) is 1. The third-order valence-electron chi connectivity index (χ3n) is 2.90. The highest BCUT2D eigenvalue weighted by Crippen LogP contribution is 2.21. The van der Waals surface area contributed by atoms with E-state index >= 15 is 0 Å². The highest BCUT2D eigenvalue weighted by molar-refractivity contribution is 14.0. The molecular formula is C17H28IN3O2. The van der Waals surface area contributed by atoms with E-state index in [1.165, 1.54) is 0 Å². The second-order valence-electron chi connectivity index (χ2n) is 5.17. The van der Waals surface area contributed by atoms with E-state index in [-0.39, 0.29) is 24.0 Å². The van der Waals surface area contributed by atoms with Gasteiger partial charge in [-0.3, -0.25) is 0 Å². The van der Waals surface area contributed by atoms with Gasteiger partial charge >= 0.3 is 0 Å². The summed E-state index contributed by atoms with van der Waals surface area (Å²) >= 11 is 0. The molecule has 0 atom stereocenters. The van der Waals surface area contributed by atoms with Crippen LogP contribution in [-0.4, -0.2) is 32.3 Å². The van der Waals surface area contributed by atoms with Gasteiger partial charge in [0.2, 0.25) is 0 Å². The van der Waals surface area contributed by atoms with Crippen LogP contribution in [0.3, 0.4) is 0 Å². The largest absolute Gasteiger partial charge is 0.491 e. The minimum absolute atomic E-state index is 0. The van der Waals surface area contributed by atoms with Gasteiger partial charge < -0.3 is 20.5 Å². The Morgan fingerprint density at radius 2 is 2.09 bits per heavy atom. The molecule has 0 aliphatic heterocycles. The number of ether oxygens (including phenoxy) is 2. The first kappa shape index (κ1) is 21.7. The molecule has 0 saturated carbocycles. The number of guanidine groups is 1. The van der Waals surface area contributed by atoms with Gasteiger partial charge in [-0.05, 0) is 32.4 Å². The minimum Gasteiger partial charge on any atom is -0.491 e. The molecule has 23 heavy (non-hydrogen) atoms. The minimum atomic E-state index is 0. The molecule has 1 aromatic carbocycles. The second-order valence-corrected chi connectivity index (χ2v) is 5.17. The van der Waals surface area contributed by atoms with Crippen LogP contribution in [0.25, 0.3) is 0 Å². The van der Waals surface area contributed by atoms with Crippen molar-refractivity contribution in [3.05, 3.63) is 41.5 Å². The molecule has 0 amide bonds. The Morgan fingerprint density at radius 1 is 1.35 bits per heavy atom. The van der Waals surface area contributed by atoms with Gasteiger partial charge in [-0.2, -0.15) is 0 Å². The highest BCUT2D eigenvalue weighted by Gasteiger charge is 2.04. The average molecular weight is 433 g/mol. The Hall–Kier alpha value is -1.28. The zero-order valence-corrected chi connectivity index (χ0v) is 16.6. The van der Waals surface area contributed by atoms with Crippen LogP contribution in [0.4, 0.5) is 0 Å². The van der Waals surface area contributed by atoms with Crippen LogP contribution in [-0.2, 0) is 11.3 Å². The zero-order valence-electron chi connectivity index (χ0n) is 14.2. The molecule has 0 unspecified atom stereocenters. The number of halogens is 1. The van der Waals surface area contributed by atoms with Crippen LogP contribution in [0.2, 0.25) is 0 Å². The smallest absolute Gasteiger partial charge is 0.189 e. The lowest BCUT2D eigenvalue weighted by molar-refractivity contribution is 0.110. The number of benzene rings is 1. The van der Waals surface area contributed by atoms with Crippen molar-refractivity contribution >= 4 is 29.9 Å². The molecule has 3 N–H and O–H groups in total. The van der Waals surface area contributed by atoms with Crippen molar-refractivity contribution in [2.45, 2.75) is 27.3 Å². The van der Waals surface area contributed by atoms with Gasteiger partial charge in [-0.25, -0.2) is 4.99 Å². The van der Waals surface area contributed by atoms with E-state index in [1.54, 1.807) is 0 Å². The molecule has 0 radical (unpaired) electrons. The third kappa shape index (κ3) is 9.45. The molecule has 130 valence electrons. The fourth-order valence-electron chi connectivity index (χ4n) is 1.75. The van der Waals surface area contributed by atoms with Gasteiger partial charge in [0.05, 0.1) is 13.2 Å². The van der Waals surface area contributed by atoms with Crippen LogP contribution in [0, 0.1) is 6.92 Å². The molecule has 0 heterocycles. The molecule has 0 bridgehead atoms. The van der Waals surface area contributed by atoms with Crippen molar-refractivity contribution in [2.24, 2.45) is 10.7 Å². The van der Waals surface area contributed by atoms with E-state index in [4.69, 9.17) is 15.2 Å². The molecule has 1 rings (SSSR count). The van der Waals surface area contributed by atoms with E-state index in [1.807, 2.05) is 39.0 Å². The quantitative estimate of drug-likeness (QED) is 0.207. The molecular weight excluding hydrogens is 405 g/mol. The van der Waals surface area contributed by atoms with Crippen molar-refractivity contribution in [2.75, 3.05) is 26.4 Å². The van der Waals surface area contributed by atoms with Crippen LogP contribution in [0.15, 0.2) is 35.3 Å². The normalized spacial score (nSPS) is 10.8. The monoisotopic (exact) mass is 433 g/mol. The molecule has 0 aliphatic carbocycles. The van der Waals surface area contributed by atoms with Crippen molar-refractivity contribution in [3.63, 3.8) is 0 Å². The number of hydrogen-bond donors (Lipinski definition) is 2. The van der Waals surface area contributed by atoms with Gasteiger partial charge in [0.25, 0.3) is 0 Å². The maximum absolute atomic E-state index is 5.83. The number of nitrogens with zero attached hydrogens (tertiary/aromatic N) is 1. The van der Waals surface area contributed by atoms with Crippen LogP contribution in [0.1, 0.15) is 25.0 Å². The Morgan fingerprint density at radius 3 is 2.74 bits per heavy atom. The summed E-state index contributed by atoms with van der Waals surface area (Å²) in [5.74, 6) is 1.24. The number of nitrogens with one attached hydrogen (secondary N) is 1. The molecule has 0 aliphatic rings. The predicted octanol–water partition coefficient (Wildman–Crippen LogP) is 3.01. The summed E-state index contributed by atoms with van der Waals surface area (Å²) in [4.78, 5) is 4.33. The molecule has 6 heteroatoms. The first-order valence-corrected chi connectivity index (χ1v) is 7.51. The van der Waals surface area contributed by atoms with Crippen molar-refractivity contribution in [3.8, 4) is 5.75 Å². The predicted molar refractivity (Wildman–Crippen MR) is 107 cm³/mol. The number of rotatable bonds is 9. The van der Waals surface area contributed by atoms with Gasteiger partial charge in [0, 0.05) is 18.7 Å². The molecule has 0 aromatic heterocycles. The first-order valence-electron chi connectivity index (χ1n) is 7.51. The van der Waals surface area contributed by atoms with Crippen molar-refractivity contribution in [1.29, 1.82) is 0 Å². The van der Waals surface area contributed by atoms with Crippen molar-refractivity contribution in [1.82, 2.24) is 5.32 Å². The van der Waals surface area contributed by atoms with Crippen molar-refractivity contribution < 1.29 is 9.47 Å². The van der Waals surface area contributed by atoms with Crippen LogP contribution >= 0.6 is 24.0 Å². The maximum Gasteiger partial charge on any atom is 0.189 e. The molecule has 0 saturated heterocycles. The van der Waals surface area contributed by atoms with E-state index < -0.39 is 0 Å². The molecule has 0 fully saturated rings. The van der Waals surface area contributed by atoms with Crippen LogP contribution < -0.4 is 15.8 Å². The fraction of sp³-hybridized carbons (Fsp3) is 0.471. The Kier molecular flexibility index (Phi) is 11.5. The second kappa shape index (κ2) is 12.2. The highest BCUT2D eigenvalue weighted by atomic mass is 127. The topological polar surface area (TPSA) is 68.9 Å². The molecule has 5 nitrogen and oxygen atoms in total. The number of aliphatic imine (C=N–C) groups is 1. The lowest BCUT2D eigenvalue weighted by Crippen LogP contribution is -2.32. The summed E-state index contributed by atoms with van der Waals surface area (Å²) in [7, 11) is 0. The first-order chi connectivity index (χ1) is 10.5. The van der Waals surface area contributed by atoms with Gasteiger partial charge in [-0.15, -0.1) is 24.0 Å². The van der Waals surface area contributed by atoms with E-state index in [0.29, 0.717) is 38.9 Å². The zero-order chi connectivity index (χ0) is 16.4. The Balaban J connectivity index is 0.00000484. The SMILES string of the molecule is C=C(C)CNC(N)=NCc1ccc(C)cc1OCCOCC.I. The summed E-state index contributed by atoms with van der Waals surface area (Å²) in [6, 6.07) is 6.06. The standard InChI is InChI=1S/C17H27N3O2.HI/c1-5-21-8-9-22-16-10-14(4)6-7-15(16)12-20-17(18)19-11-13(2)3;/h6-7,10H,2,5,8-9,11-12H2,1,3-4H3,(H3,18,19,20);1H. The summed E-state index contributed by atoms with van der Waals surface area (Å²) in [5.41, 5.74) is 8.98. The fourth-order valence-corrected chi connectivity index (χ4v) is 1.75. The molecule has 1 aromatic rings. The Bertz CT molecular complexity index is 519. The lowest BCUT2D eigenvalue weighted by Gasteiger charge is -2.12. The van der Waals surface area contributed by atoms with E-state index in [0.717, 1.165) is 22.4 Å². The molecule has 0 spiro atoms. The van der Waals surface area contributed by atoms with Gasteiger partial charge in [-0.1, -0.05) is 24.3 Å². The Labute approximate surface area is 156 Å². The van der Waals surface area contributed by atoms with E-state index in [9.17, 15) is 0 Å². The summed E-state index contributed by atoms with van der Waals surface area (Å²) in [6.07, 6.45) is 0. The van der Waals surface area contributed by atoms with Gasteiger partial charge in [0.1, 0.15) is 12.4 Å².